The van der Waals surface area contributed by atoms with Gasteiger partial charge < -0.3 is 4.74 Å². The maximum absolute atomic E-state index is 11.4. The minimum absolute atomic E-state index is 0.0666. The summed E-state index contributed by atoms with van der Waals surface area (Å²) < 4.78 is 30.9. The molecular weight excluding hydrogens is 276 g/mol. The molecule has 6 heteroatoms. The average Bonchev–Trinajstić information content (AvgIpc) is 2.47. The summed E-state index contributed by atoms with van der Waals surface area (Å²) in [5, 5.41) is 0. The molecular formula is C14H16N2O3S. The molecule has 0 atom stereocenters. The van der Waals surface area contributed by atoms with Crippen molar-refractivity contribution in [3.8, 4) is 11.6 Å². The van der Waals surface area contributed by atoms with Gasteiger partial charge in [0.2, 0.25) is 15.9 Å². The highest BCUT2D eigenvalue weighted by Crippen LogP contribution is 2.19. The monoisotopic (exact) mass is 292 g/mol. The van der Waals surface area contributed by atoms with Gasteiger partial charge in [0.15, 0.2) is 0 Å². The smallest absolute Gasteiger partial charge is 0.219 e. The Morgan fingerprint density at radius 2 is 2.05 bits per heavy atom. The first-order chi connectivity index (χ1) is 9.59. The topological polar surface area (TPSA) is 68.3 Å². The third kappa shape index (κ3) is 4.32. The summed E-state index contributed by atoms with van der Waals surface area (Å²) in [4.78, 5) is 4.07. The van der Waals surface area contributed by atoms with Gasteiger partial charge in [0.05, 0.1) is 5.75 Å². The van der Waals surface area contributed by atoms with E-state index >= 15 is 0 Å². The number of hydrogen-bond acceptors (Lipinski definition) is 4. The predicted octanol–water partition coefficient (Wildman–Crippen LogP) is 2.31. The molecule has 0 bridgehead atoms. The Morgan fingerprint density at radius 1 is 1.20 bits per heavy atom. The first kappa shape index (κ1) is 14.5. The second-order valence-electron chi connectivity index (χ2n) is 4.14. The van der Waals surface area contributed by atoms with Crippen LogP contribution in [-0.4, -0.2) is 19.2 Å². The zero-order valence-electron chi connectivity index (χ0n) is 11.1. The van der Waals surface area contributed by atoms with Crippen LogP contribution in [0.2, 0.25) is 0 Å². The summed E-state index contributed by atoms with van der Waals surface area (Å²) in [6.07, 6.45) is 1.65. The fourth-order valence-electron chi connectivity index (χ4n) is 1.54. The molecule has 0 aliphatic heterocycles. The van der Waals surface area contributed by atoms with E-state index in [9.17, 15) is 8.42 Å². The van der Waals surface area contributed by atoms with E-state index in [1.54, 1.807) is 31.3 Å². The summed E-state index contributed by atoms with van der Waals surface area (Å²) in [6.45, 7) is 1.85. The van der Waals surface area contributed by atoms with E-state index in [0.717, 1.165) is 5.56 Å². The number of sulfonamides is 1. The summed E-state index contributed by atoms with van der Waals surface area (Å²) in [5.41, 5.74) is 0.829. The number of aromatic nitrogens is 1. The standard InChI is InChI=1S/C14H16N2O3S/c1-2-20(17,18)16-11-12-6-5-7-13(10-12)19-14-8-3-4-9-15-14/h3-10,16H,2,11H2,1H3. The van der Waals surface area contributed by atoms with Crippen LogP contribution in [0.25, 0.3) is 0 Å². The Bertz CT molecular complexity index is 657. The van der Waals surface area contributed by atoms with Gasteiger partial charge in [-0.05, 0) is 30.7 Å². The Hall–Kier alpha value is -1.92. The summed E-state index contributed by atoms with van der Waals surface area (Å²) >= 11 is 0. The number of ether oxygens (including phenoxy) is 1. The maximum atomic E-state index is 11.4. The minimum atomic E-state index is -3.19. The third-order valence-electron chi connectivity index (χ3n) is 2.63. The lowest BCUT2D eigenvalue weighted by Crippen LogP contribution is -2.24. The lowest BCUT2D eigenvalue weighted by Gasteiger charge is -2.08. The largest absolute Gasteiger partial charge is 0.439 e. The van der Waals surface area contributed by atoms with E-state index in [2.05, 4.69) is 9.71 Å². The molecule has 0 aliphatic rings. The van der Waals surface area contributed by atoms with Crippen molar-refractivity contribution in [3.05, 3.63) is 54.2 Å². The quantitative estimate of drug-likeness (QED) is 0.887. The van der Waals surface area contributed by atoms with Crippen LogP contribution < -0.4 is 9.46 Å². The molecule has 2 rings (SSSR count). The second-order valence-corrected chi connectivity index (χ2v) is 6.24. The van der Waals surface area contributed by atoms with Crippen molar-refractivity contribution in [2.45, 2.75) is 13.5 Å². The second kappa shape index (κ2) is 6.49. The molecule has 1 aromatic carbocycles. The van der Waals surface area contributed by atoms with Crippen molar-refractivity contribution < 1.29 is 13.2 Å². The van der Waals surface area contributed by atoms with Crippen LogP contribution in [-0.2, 0) is 16.6 Å². The summed E-state index contributed by atoms with van der Waals surface area (Å²) in [7, 11) is -3.19. The number of benzene rings is 1. The summed E-state index contributed by atoms with van der Waals surface area (Å²) in [6, 6.07) is 12.6. The van der Waals surface area contributed by atoms with Gasteiger partial charge in [-0.1, -0.05) is 18.2 Å². The van der Waals surface area contributed by atoms with Crippen LogP contribution in [0.4, 0.5) is 0 Å². The van der Waals surface area contributed by atoms with E-state index in [0.29, 0.717) is 11.6 Å². The van der Waals surface area contributed by atoms with Crippen LogP contribution in [0.3, 0.4) is 0 Å². The highest BCUT2D eigenvalue weighted by Gasteiger charge is 2.06. The average molecular weight is 292 g/mol. The Morgan fingerprint density at radius 3 is 2.75 bits per heavy atom. The van der Waals surface area contributed by atoms with Gasteiger partial charge in [0.1, 0.15) is 5.75 Å². The lowest BCUT2D eigenvalue weighted by atomic mass is 10.2. The normalized spacial score (nSPS) is 11.2. The summed E-state index contributed by atoms with van der Waals surface area (Å²) in [5.74, 6) is 1.19. The molecule has 0 spiro atoms. The highest BCUT2D eigenvalue weighted by molar-refractivity contribution is 7.89. The molecule has 5 nitrogen and oxygen atoms in total. The van der Waals surface area contributed by atoms with Crippen molar-refractivity contribution in [2.24, 2.45) is 0 Å². The molecule has 106 valence electrons. The maximum Gasteiger partial charge on any atom is 0.219 e. The van der Waals surface area contributed by atoms with Gasteiger partial charge >= 0.3 is 0 Å². The SMILES string of the molecule is CCS(=O)(=O)NCc1cccc(Oc2ccccn2)c1. The van der Waals surface area contributed by atoms with Crippen LogP contribution in [0.5, 0.6) is 11.6 Å². The van der Waals surface area contributed by atoms with Crippen molar-refractivity contribution in [1.82, 2.24) is 9.71 Å². The molecule has 1 N–H and O–H groups in total. The molecule has 0 saturated carbocycles. The van der Waals surface area contributed by atoms with Crippen LogP contribution in [0, 0.1) is 0 Å². The van der Waals surface area contributed by atoms with Gasteiger partial charge in [-0.3, -0.25) is 0 Å². The minimum Gasteiger partial charge on any atom is -0.439 e. The van der Waals surface area contributed by atoms with Gasteiger partial charge in [-0.2, -0.15) is 0 Å². The van der Waals surface area contributed by atoms with Crippen molar-refractivity contribution in [3.63, 3.8) is 0 Å². The molecule has 1 heterocycles. The molecule has 0 radical (unpaired) electrons. The van der Waals surface area contributed by atoms with E-state index in [-0.39, 0.29) is 12.3 Å². The van der Waals surface area contributed by atoms with Crippen LogP contribution in [0.1, 0.15) is 12.5 Å². The molecule has 1 aromatic heterocycles. The number of nitrogens with zero attached hydrogens (tertiary/aromatic N) is 1. The zero-order valence-corrected chi connectivity index (χ0v) is 11.9. The predicted molar refractivity (Wildman–Crippen MR) is 77.1 cm³/mol. The molecule has 0 amide bonds. The van der Waals surface area contributed by atoms with E-state index in [1.165, 1.54) is 0 Å². The molecule has 0 aliphatic carbocycles. The Labute approximate surface area is 118 Å². The highest BCUT2D eigenvalue weighted by atomic mass is 32.2. The Balaban J connectivity index is 2.05. The van der Waals surface area contributed by atoms with Gasteiger partial charge in [-0.15, -0.1) is 0 Å². The van der Waals surface area contributed by atoms with Gasteiger partial charge in [0, 0.05) is 18.8 Å². The molecule has 20 heavy (non-hydrogen) atoms. The van der Waals surface area contributed by atoms with Crippen LogP contribution in [0.15, 0.2) is 48.7 Å². The Kier molecular flexibility index (Phi) is 4.70. The van der Waals surface area contributed by atoms with Crippen molar-refractivity contribution in [1.29, 1.82) is 0 Å². The van der Waals surface area contributed by atoms with Crippen molar-refractivity contribution >= 4 is 10.0 Å². The fraction of sp³-hybridized carbons (Fsp3) is 0.214. The zero-order chi connectivity index (χ0) is 14.4. The first-order valence-corrected chi connectivity index (χ1v) is 7.89. The van der Waals surface area contributed by atoms with E-state index < -0.39 is 10.0 Å². The number of pyridine rings is 1. The third-order valence-corrected chi connectivity index (χ3v) is 3.98. The van der Waals surface area contributed by atoms with Gasteiger partial charge in [0.25, 0.3) is 0 Å². The first-order valence-electron chi connectivity index (χ1n) is 6.24. The number of hydrogen-bond donors (Lipinski definition) is 1. The lowest BCUT2D eigenvalue weighted by molar-refractivity contribution is 0.462. The molecule has 0 saturated heterocycles. The number of rotatable bonds is 6. The molecule has 2 aromatic rings. The van der Waals surface area contributed by atoms with Crippen molar-refractivity contribution in [2.75, 3.05) is 5.75 Å². The van der Waals surface area contributed by atoms with Gasteiger partial charge in [-0.25, -0.2) is 18.1 Å². The number of nitrogens with one attached hydrogen (secondary N) is 1. The molecule has 0 unspecified atom stereocenters. The van der Waals surface area contributed by atoms with E-state index in [4.69, 9.17) is 4.74 Å². The molecule has 0 fully saturated rings. The fourth-order valence-corrected chi connectivity index (χ4v) is 2.13. The van der Waals surface area contributed by atoms with E-state index in [1.807, 2.05) is 24.3 Å². The van der Waals surface area contributed by atoms with Crippen LogP contribution >= 0.6 is 0 Å².